The van der Waals surface area contributed by atoms with E-state index in [1.807, 2.05) is 0 Å². The first-order chi connectivity index (χ1) is 9.75. The summed E-state index contributed by atoms with van der Waals surface area (Å²) in [5.41, 5.74) is 0. The molecule has 1 amide bonds. The van der Waals surface area contributed by atoms with Crippen LogP contribution in [0.5, 0.6) is 0 Å². The monoisotopic (exact) mass is 292 g/mol. The standard InChI is InChI=1S/C16H24N2OS/c1-11-9-17-10-13(11)16(19)18-15(12-5-2-3-6-12)14-7-4-8-20-14/h4,7-8,11-13,15,17H,2-3,5-6,9-10H2,1H3,(H,18,19). The van der Waals surface area contributed by atoms with Gasteiger partial charge < -0.3 is 10.6 Å². The van der Waals surface area contributed by atoms with E-state index in [2.05, 4.69) is 35.1 Å². The molecule has 0 bridgehead atoms. The number of hydrogen-bond acceptors (Lipinski definition) is 3. The Labute approximate surface area is 125 Å². The third-order valence-corrected chi connectivity index (χ3v) is 5.83. The lowest BCUT2D eigenvalue weighted by atomic mass is 9.93. The van der Waals surface area contributed by atoms with Gasteiger partial charge in [-0.15, -0.1) is 11.3 Å². The Balaban J connectivity index is 1.71. The van der Waals surface area contributed by atoms with E-state index < -0.39 is 0 Å². The summed E-state index contributed by atoms with van der Waals surface area (Å²) in [4.78, 5) is 13.9. The smallest absolute Gasteiger partial charge is 0.225 e. The molecule has 3 unspecified atom stereocenters. The molecular formula is C16H24N2OS. The molecule has 1 aliphatic heterocycles. The second kappa shape index (κ2) is 6.27. The maximum Gasteiger partial charge on any atom is 0.225 e. The van der Waals surface area contributed by atoms with Crippen molar-refractivity contribution in [1.29, 1.82) is 0 Å². The van der Waals surface area contributed by atoms with Gasteiger partial charge in [0.2, 0.25) is 5.91 Å². The molecule has 1 aromatic rings. The molecule has 2 fully saturated rings. The van der Waals surface area contributed by atoms with Crippen molar-refractivity contribution >= 4 is 17.2 Å². The van der Waals surface area contributed by atoms with Crippen molar-refractivity contribution in [3.63, 3.8) is 0 Å². The number of amides is 1. The third kappa shape index (κ3) is 2.91. The SMILES string of the molecule is CC1CNCC1C(=O)NC(c1cccs1)C1CCCC1. The van der Waals surface area contributed by atoms with Crippen LogP contribution in [0.25, 0.3) is 0 Å². The summed E-state index contributed by atoms with van der Waals surface area (Å²) in [6.45, 7) is 3.96. The van der Waals surface area contributed by atoms with Crippen molar-refractivity contribution in [1.82, 2.24) is 10.6 Å². The quantitative estimate of drug-likeness (QED) is 0.896. The first-order valence-corrected chi connectivity index (χ1v) is 8.68. The highest BCUT2D eigenvalue weighted by Gasteiger charge is 2.34. The van der Waals surface area contributed by atoms with Crippen LogP contribution < -0.4 is 10.6 Å². The van der Waals surface area contributed by atoms with Gasteiger partial charge >= 0.3 is 0 Å². The molecule has 110 valence electrons. The summed E-state index contributed by atoms with van der Waals surface area (Å²) >= 11 is 1.77. The van der Waals surface area contributed by atoms with Gasteiger partial charge in [-0.25, -0.2) is 0 Å². The lowest BCUT2D eigenvalue weighted by Crippen LogP contribution is -2.39. The summed E-state index contributed by atoms with van der Waals surface area (Å²) in [6.07, 6.45) is 5.12. The molecule has 0 aromatic carbocycles. The molecule has 20 heavy (non-hydrogen) atoms. The fourth-order valence-electron chi connectivity index (χ4n) is 3.60. The van der Waals surface area contributed by atoms with Gasteiger partial charge in [-0.1, -0.05) is 25.8 Å². The summed E-state index contributed by atoms with van der Waals surface area (Å²) in [5.74, 6) is 1.46. The predicted octanol–water partition coefficient (Wildman–Crippen LogP) is 2.95. The number of nitrogens with one attached hydrogen (secondary N) is 2. The number of rotatable bonds is 4. The highest BCUT2D eigenvalue weighted by molar-refractivity contribution is 7.10. The first-order valence-electron chi connectivity index (χ1n) is 7.80. The molecule has 3 nitrogen and oxygen atoms in total. The van der Waals surface area contributed by atoms with Crippen molar-refractivity contribution in [2.24, 2.45) is 17.8 Å². The van der Waals surface area contributed by atoms with E-state index in [0.29, 0.717) is 11.8 Å². The fraction of sp³-hybridized carbons (Fsp3) is 0.688. The van der Waals surface area contributed by atoms with E-state index in [-0.39, 0.29) is 17.9 Å². The number of carbonyl (C=O) groups is 1. The van der Waals surface area contributed by atoms with E-state index in [1.165, 1.54) is 30.6 Å². The van der Waals surface area contributed by atoms with Gasteiger partial charge in [0.1, 0.15) is 0 Å². The molecule has 1 aliphatic carbocycles. The zero-order valence-electron chi connectivity index (χ0n) is 12.1. The van der Waals surface area contributed by atoms with Gasteiger partial charge in [0.05, 0.1) is 12.0 Å². The van der Waals surface area contributed by atoms with Crippen molar-refractivity contribution in [3.05, 3.63) is 22.4 Å². The van der Waals surface area contributed by atoms with Crippen LogP contribution >= 0.6 is 11.3 Å². The number of carbonyl (C=O) groups excluding carboxylic acids is 1. The largest absolute Gasteiger partial charge is 0.348 e. The van der Waals surface area contributed by atoms with Crippen LogP contribution in [0.2, 0.25) is 0 Å². The van der Waals surface area contributed by atoms with Gasteiger partial charge in [0.15, 0.2) is 0 Å². The second-order valence-corrected chi connectivity index (χ2v) is 7.27. The average Bonchev–Trinajstić information content (AvgIpc) is 3.18. The number of hydrogen-bond donors (Lipinski definition) is 2. The molecule has 0 radical (unpaired) electrons. The predicted molar refractivity (Wildman–Crippen MR) is 82.7 cm³/mol. The van der Waals surface area contributed by atoms with Crippen LogP contribution in [-0.2, 0) is 4.79 Å². The maximum absolute atomic E-state index is 12.6. The summed E-state index contributed by atoms with van der Waals surface area (Å²) in [7, 11) is 0. The summed E-state index contributed by atoms with van der Waals surface area (Å²) in [5, 5.41) is 8.80. The molecule has 4 heteroatoms. The Morgan fingerprint density at radius 3 is 2.80 bits per heavy atom. The second-order valence-electron chi connectivity index (χ2n) is 6.29. The molecule has 0 spiro atoms. The van der Waals surface area contributed by atoms with E-state index in [9.17, 15) is 4.79 Å². The highest BCUT2D eigenvalue weighted by Crippen LogP contribution is 2.37. The Hall–Kier alpha value is -0.870. The van der Waals surface area contributed by atoms with Crippen LogP contribution in [0.4, 0.5) is 0 Å². The van der Waals surface area contributed by atoms with E-state index in [0.717, 1.165) is 13.1 Å². The lowest BCUT2D eigenvalue weighted by Gasteiger charge is -2.26. The highest BCUT2D eigenvalue weighted by atomic mass is 32.1. The minimum atomic E-state index is 0.138. The van der Waals surface area contributed by atoms with Gasteiger partial charge in [0.25, 0.3) is 0 Å². The van der Waals surface area contributed by atoms with Crippen molar-refractivity contribution in [2.45, 2.75) is 38.6 Å². The minimum absolute atomic E-state index is 0.138. The first kappa shape index (κ1) is 14.1. The number of thiophene rings is 1. The molecule has 2 heterocycles. The van der Waals surface area contributed by atoms with Crippen molar-refractivity contribution < 1.29 is 4.79 Å². The molecule has 2 aliphatic rings. The normalized spacial score (nSPS) is 28.6. The van der Waals surface area contributed by atoms with E-state index in [1.54, 1.807) is 11.3 Å². The molecule has 1 saturated heterocycles. The fourth-order valence-corrected chi connectivity index (χ4v) is 4.47. The van der Waals surface area contributed by atoms with Crippen LogP contribution in [-0.4, -0.2) is 19.0 Å². The Kier molecular flexibility index (Phi) is 4.41. The molecular weight excluding hydrogens is 268 g/mol. The van der Waals surface area contributed by atoms with Gasteiger partial charge in [-0.3, -0.25) is 4.79 Å². The van der Waals surface area contributed by atoms with E-state index in [4.69, 9.17) is 0 Å². The lowest BCUT2D eigenvalue weighted by molar-refractivity contribution is -0.126. The van der Waals surface area contributed by atoms with Crippen LogP contribution in [0.15, 0.2) is 17.5 Å². The summed E-state index contributed by atoms with van der Waals surface area (Å²) < 4.78 is 0. The van der Waals surface area contributed by atoms with Crippen LogP contribution in [0, 0.1) is 17.8 Å². The molecule has 1 aromatic heterocycles. The summed E-state index contributed by atoms with van der Waals surface area (Å²) in [6, 6.07) is 4.50. The van der Waals surface area contributed by atoms with Gasteiger partial charge in [-0.05, 0) is 42.7 Å². The van der Waals surface area contributed by atoms with Crippen LogP contribution in [0.3, 0.4) is 0 Å². The average molecular weight is 292 g/mol. The van der Waals surface area contributed by atoms with Crippen molar-refractivity contribution in [2.75, 3.05) is 13.1 Å². The van der Waals surface area contributed by atoms with Crippen LogP contribution in [0.1, 0.15) is 43.5 Å². The molecule has 3 atom stereocenters. The van der Waals surface area contributed by atoms with E-state index >= 15 is 0 Å². The topological polar surface area (TPSA) is 41.1 Å². The molecule has 2 N–H and O–H groups in total. The molecule has 1 saturated carbocycles. The maximum atomic E-state index is 12.6. The Morgan fingerprint density at radius 2 is 2.20 bits per heavy atom. The van der Waals surface area contributed by atoms with Gasteiger partial charge in [-0.2, -0.15) is 0 Å². The minimum Gasteiger partial charge on any atom is -0.348 e. The Morgan fingerprint density at radius 1 is 1.40 bits per heavy atom. The third-order valence-electron chi connectivity index (χ3n) is 4.87. The Bertz CT molecular complexity index is 439. The molecule has 3 rings (SSSR count). The van der Waals surface area contributed by atoms with Crippen molar-refractivity contribution in [3.8, 4) is 0 Å². The zero-order chi connectivity index (χ0) is 13.9. The zero-order valence-corrected chi connectivity index (χ0v) is 12.9. The van der Waals surface area contributed by atoms with Gasteiger partial charge in [0, 0.05) is 11.4 Å².